The Morgan fingerprint density at radius 3 is 2.50 bits per heavy atom. The molecule has 0 aliphatic rings. The lowest BCUT2D eigenvalue weighted by molar-refractivity contribution is 0.920. The van der Waals surface area contributed by atoms with Crippen LogP contribution < -0.4 is 10.6 Å². The molecule has 0 aromatic heterocycles. The summed E-state index contributed by atoms with van der Waals surface area (Å²) in [6, 6.07) is 13.9. The summed E-state index contributed by atoms with van der Waals surface area (Å²) in [5, 5.41) is 0.718. The summed E-state index contributed by atoms with van der Waals surface area (Å²) in [4.78, 5) is 2.16. The van der Waals surface area contributed by atoms with Gasteiger partial charge in [-0.15, -0.1) is 0 Å². The maximum absolute atomic E-state index is 6.19. The fraction of sp³-hybridized carbons (Fsp3) is 0.200. The first-order valence-corrected chi connectivity index (χ1v) is 6.27. The fourth-order valence-electron chi connectivity index (χ4n) is 2.06. The summed E-state index contributed by atoms with van der Waals surface area (Å²) < 4.78 is 0. The average Bonchev–Trinajstić information content (AvgIpc) is 2.34. The van der Waals surface area contributed by atoms with Crippen LogP contribution in [0.25, 0.3) is 0 Å². The van der Waals surface area contributed by atoms with Gasteiger partial charge in [-0.2, -0.15) is 0 Å². The van der Waals surface area contributed by atoms with Crippen LogP contribution >= 0.6 is 11.6 Å². The zero-order valence-corrected chi connectivity index (χ0v) is 11.4. The summed E-state index contributed by atoms with van der Waals surface area (Å²) in [5.41, 5.74) is 10.1. The van der Waals surface area contributed by atoms with Crippen molar-refractivity contribution in [2.75, 3.05) is 17.7 Å². The van der Waals surface area contributed by atoms with E-state index in [-0.39, 0.29) is 0 Å². The predicted octanol–water partition coefficient (Wildman–Crippen LogP) is 3.87. The van der Waals surface area contributed by atoms with Crippen LogP contribution in [0, 0.1) is 6.92 Å². The van der Waals surface area contributed by atoms with E-state index < -0.39 is 0 Å². The zero-order chi connectivity index (χ0) is 13.1. The molecule has 0 spiro atoms. The molecule has 94 valence electrons. The van der Waals surface area contributed by atoms with Crippen molar-refractivity contribution in [3.8, 4) is 0 Å². The molecule has 0 saturated heterocycles. The third-order valence-electron chi connectivity index (χ3n) is 3.08. The lowest BCUT2D eigenvalue weighted by Crippen LogP contribution is -2.18. The van der Waals surface area contributed by atoms with Crippen LogP contribution in [0.1, 0.15) is 11.1 Å². The number of aryl methyl sites for hydroxylation is 1. The SMILES string of the molecule is Cc1ccccc1N(C)Cc1c(N)cccc1Cl. The zero-order valence-electron chi connectivity index (χ0n) is 10.7. The van der Waals surface area contributed by atoms with Gasteiger partial charge in [0.2, 0.25) is 0 Å². The topological polar surface area (TPSA) is 29.3 Å². The number of anilines is 2. The van der Waals surface area contributed by atoms with Gasteiger partial charge >= 0.3 is 0 Å². The van der Waals surface area contributed by atoms with Crippen molar-refractivity contribution < 1.29 is 0 Å². The van der Waals surface area contributed by atoms with Crippen LogP contribution in [-0.4, -0.2) is 7.05 Å². The Kier molecular flexibility index (Phi) is 3.78. The number of nitrogens with two attached hydrogens (primary N) is 1. The van der Waals surface area contributed by atoms with E-state index >= 15 is 0 Å². The van der Waals surface area contributed by atoms with E-state index in [9.17, 15) is 0 Å². The minimum absolute atomic E-state index is 0.705. The second-order valence-corrected chi connectivity index (χ2v) is 4.86. The van der Waals surface area contributed by atoms with Crippen LogP contribution in [0.4, 0.5) is 11.4 Å². The van der Waals surface area contributed by atoms with E-state index in [0.717, 1.165) is 16.3 Å². The summed E-state index contributed by atoms with van der Waals surface area (Å²) in [7, 11) is 2.05. The molecule has 18 heavy (non-hydrogen) atoms. The van der Waals surface area contributed by atoms with Gasteiger partial charge in [-0.1, -0.05) is 35.9 Å². The largest absolute Gasteiger partial charge is 0.398 e. The summed E-state index contributed by atoms with van der Waals surface area (Å²) >= 11 is 6.19. The minimum Gasteiger partial charge on any atom is -0.398 e. The van der Waals surface area contributed by atoms with Gasteiger partial charge < -0.3 is 10.6 Å². The quantitative estimate of drug-likeness (QED) is 0.849. The molecule has 0 unspecified atom stereocenters. The summed E-state index contributed by atoms with van der Waals surface area (Å²) in [6.45, 7) is 2.80. The molecule has 0 bridgehead atoms. The van der Waals surface area contributed by atoms with E-state index in [4.69, 9.17) is 17.3 Å². The molecular formula is C15H17ClN2. The molecular weight excluding hydrogens is 244 g/mol. The van der Waals surface area contributed by atoms with Crippen LogP contribution in [0.15, 0.2) is 42.5 Å². The van der Waals surface area contributed by atoms with Gasteiger partial charge in [0.1, 0.15) is 0 Å². The van der Waals surface area contributed by atoms with Crippen molar-refractivity contribution in [2.45, 2.75) is 13.5 Å². The van der Waals surface area contributed by atoms with Crippen molar-refractivity contribution in [1.82, 2.24) is 0 Å². The number of hydrogen-bond donors (Lipinski definition) is 1. The highest BCUT2D eigenvalue weighted by Crippen LogP contribution is 2.26. The van der Waals surface area contributed by atoms with Crippen LogP contribution in [-0.2, 0) is 6.54 Å². The Morgan fingerprint density at radius 1 is 1.11 bits per heavy atom. The van der Waals surface area contributed by atoms with Crippen molar-refractivity contribution in [3.05, 3.63) is 58.6 Å². The van der Waals surface area contributed by atoms with Crippen molar-refractivity contribution in [3.63, 3.8) is 0 Å². The average molecular weight is 261 g/mol. The highest BCUT2D eigenvalue weighted by atomic mass is 35.5. The van der Waals surface area contributed by atoms with E-state index in [1.54, 1.807) is 0 Å². The Balaban J connectivity index is 2.27. The molecule has 0 aliphatic carbocycles. The van der Waals surface area contributed by atoms with Gasteiger partial charge in [-0.3, -0.25) is 0 Å². The number of halogens is 1. The minimum atomic E-state index is 0.705. The first-order chi connectivity index (χ1) is 8.59. The standard InChI is InChI=1S/C15H17ClN2/c1-11-6-3-4-9-15(11)18(2)10-12-13(16)7-5-8-14(12)17/h3-9H,10,17H2,1-2H3. The van der Waals surface area contributed by atoms with Gasteiger partial charge in [0.25, 0.3) is 0 Å². The van der Waals surface area contributed by atoms with Crippen LogP contribution in [0.3, 0.4) is 0 Å². The lowest BCUT2D eigenvalue weighted by atomic mass is 10.1. The van der Waals surface area contributed by atoms with Crippen molar-refractivity contribution in [2.24, 2.45) is 0 Å². The number of nitrogens with zero attached hydrogens (tertiary/aromatic N) is 1. The molecule has 0 heterocycles. The molecule has 2 nitrogen and oxygen atoms in total. The monoisotopic (exact) mass is 260 g/mol. The molecule has 2 N–H and O–H groups in total. The highest BCUT2D eigenvalue weighted by Gasteiger charge is 2.09. The summed E-state index contributed by atoms with van der Waals surface area (Å²) in [5.74, 6) is 0. The maximum atomic E-state index is 6.19. The summed E-state index contributed by atoms with van der Waals surface area (Å²) in [6.07, 6.45) is 0. The smallest absolute Gasteiger partial charge is 0.0476 e. The first-order valence-electron chi connectivity index (χ1n) is 5.89. The fourth-order valence-corrected chi connectivity index (χ4v) is 2.30. The van der Waals surface area contributed by atoms with Gasteiger partial charge in [-0.05, 0) is 30.7 Å². The Morgan fingerprint density at radius 2 is 1.83 bits per heavy atom. The predicted molar refractivity (Wildman–Crippen MR) is 79.2 cm³/mol. The molecule has 2 aromatic carbocycles. The van der Waals surface area contributed by atoms with E-state index in [1.807, 2.05) is 37.4 Å². The number of nitrogen functional groups attached to an aromatic ring is 1. The van der Waals surface area contributed by atoms with Crippen LogP contribution in [0.5, 0.6) is 0 Å². The second-order valence-electron chi connectivity index (χ2n) is 4.45. The van der Waals surface area contributed by atoms with E-state index in [2.05, 4.69) is 24.0 Å². The van der Waals surface area contributed by atoms with Gasteiger partial charge in [-0.25, -0.2) is 0 Å². The molecule has 2 aromatic rings. The second kappa shape index (κ2) is 5.32. The lowest BCUT2D eigenvalue weighted by Gasteiger charge is -2.22. The van der Waals surface area contributed by atoms with Crippen molar-refractivity contribution >= 4 is 23.0 Å². The van der Waals surface area contributed by atoms with Gasteiger partial charge in [0.05, 0.1) is 0 Å². The third kappa shape index (κ3) is 2.59. The first kappa shape index (κ1) is 12.8. The normalized spacial score (nSPS) is 10.4. The van der Waals surface area contributed by atoms with Gasteiger partial charge in [0.15, 0.2) is 0 Å². The number of para-hydroxylation sites is 1. The molecule has 0 saturated carbocycles. The van der Waals surface area contributed by atoms with E-state index in [0.29, 0.717) is 6.54 Å². The molecule has 0 aliphatic heterocycles. The number of hydrogen-bond acceptors (Lipinski definition) is 2. The Labute approximate surface area is 113 Å². The van der Waals surface area contributed by atoms with Gasteiger partial charge in [0, 0.05) is 35.6 Å². The molecule has 0 radical (unpaired) electrons. The van der Waals surface area contributed by atoms with E-state index in [1.165, 1.54) is 11.3 Å². The number of benzene rings is 2. The Bertz CT molecular complexity index is 532. The third-order valence-corrected chi connectivity index (χ3v) is 3.43. The van der Waals surface area contributed by atoms with Crippen molar-refractivity contribution in [1.29, 1.82) is 0 Å². The molecule has 2 rings (SSSR count). The Hall–Kier alpha value is -1.67. The maximum Gasteiger partial charge on any atom is 0.0476 e. The molecule has 3 heteroatoms. The number of rotatable bonds is 3. The molecule has 0 fully saturated rings. The highest BCUT2D eigenvalue weighted by molar-refractivity contribution is 6.31. The molecule has 0 atom stereocenters. The van der Waals surface area contributed by atoms with Crippen LogP contribution in [0.2, 0.25) is 5.02 Å². The molecule has 0 amide bonds.